The number of pyridine rings is 1. The average Bonchev–Trinajstić information content (AvgIpc) is 2.94. The molecule has 2 aromatic carbocycles. The molecule has 3 aromatic rings. The van der Waals surface area contributed by atoms with Gasteiger partial charge in [0.15, 0.2) is 0 Å². The molecule has 2 atom stereocenters. The van der Waals surface area contributed by atoms with Crippen LogP contribution in [0.3, 0.4) is 0 Å². The van der Waals surface area contributed by atoms with E-state index in [1.807, 2.05) is 18.2 Å². The highest BCUT2D eigenvalue weighted by Crippen LogP contribution is 2.30. The van der Waals surface area contributed by atoms with Gasteiger partial charge in [-0.25, -0.2) is 14.2 Å². The maximum atomic E-state index is 14.2. The molecule has 10 heteroatoms. The number of rotatable bonds is 8. The Hall–Kier alpha value is -4.02. The first kappa shape index (κ1) is 29.5. The molecule has 0 spiro atoms. The number of piperazine rings is 1. The number of nitrogens with zero attached hydrogens (tertiary/aromatic N) is 2. The molecule has 0 unspecified atom stereocenters. The van der Waals surface area contributed by atoms with Gasteiger partial charge in [-0.2, -0.15) is 0 Å². The van der Waals surface area contributed by atoms with Gasteiger partial charge in [-0.1, -0.05) is 30.3 Å². The van der Waals surface area contributed by atoms with Crippen molar-refractivity contribution < 1.29 is 23.8 Å². The summed E-state index contributed by atoms with van der Waals surface area (Å²) in [5.41, 5.74) is 3.24. The van der Waals surface area contributed by atoms with Crippen molar-refractivity contribution in [3.8, 4) is 22.8 Å². The summed E-state index contributed by atoms with van der Waals surface area (Å²) < 4.78 is 20.2. The van der Waals surface area contributed by atoms with Crippen LogP contribution < -0.4 is 20.7 Å². The Morgan fingerprint density at radius 2 is 1.62 bits per heavy atom. The Morgan fingerprint density at radius 1 is 0.976 bits per heavy atom. The van der Waals surface area contributed by atoms with E-state index >= 15 is 0 Å². The fourth-order valence-corrected chi connectivity index (χ4v) is 6.02. The minimum atomic E-state index is -1.05. The summed E-state index contributed by atoms with van der Waals surface area (Å²) in [6.45, 7) is 7.30. The van der Waals surface area contributed by atoms with Gasteiger partial charge in [0, 0.05) is 43.8 Å². The van der Waals surface area contributed by atoms with Gasteiger partial charge in [-0.3, -0.25) is 9.69 Å². The highest BCUT2D eigenvalue weighted by molar-refractivity contribution is 5.96. The average molecular weight is 576 g/mol. The summed E-state index contributed by atoms with van der Waals surface area (Å²) in [4.78, 5) is 30.6. The molecule has 1 aliphatic heterocycles. The number of carboxylic acid groups (broad SMARTS) is 1. The lowest BCUT2D eigenvalue weighted by atomic mass is 9.91. The lowest BCUT2D eigenvalue weighted by Gasteiger charge is -2.36. The Morgan fingerprint density at radius 3 is 2.31 bits per heavy atom. The van der Waals surface area contributed by atoms with Crippen LogP contribution in [0.5, 0.6) is 11.6 Å². The summed E-state index contributed by atoms with van der Waals surface area (Å²) in [5.74, 6) is -0.619. The lowest BCUT2D eigenvalue weighted by molar-refractivity contribution is 0.0919. The van der Waals surface area contributed by atoms with Gasteiger partial charge in [-0.05, 0) is 80.5 Å². The molecule has 1 saturated carbocycles. The Balaban J connectivity index is 1.27. The number of amides is 2. The fourth-order valence-electron chi connectivity index (χ4n) is 6.02. The molecule has 1 aromatic heterocycles. The molecule has 0 bridgehead atoms. The lowest BCUT2D eigenvalue weighted by Crippen LogP contribution is -2.53. The van der Waals surface area contributed by atoms with E-state index < -0.39 is 17.8 Å². The summed E-state index contributed by atoms with van der Waals surface area (Å²) in [5, 5.41) is 17.9. The smallest absolute Gasteiger partial charge is 0.404 e. The van der Waals surface area contributed by atoms with Gasteiger partial charge < -0.3 is 25.8 Å². The quantitative estimate of drug-likeness (QED) is 0.293. The van der Waals surface area contributed by atoms with Crippen molar-refractivity contribution in [1.29, 1.82) is 0 Å². The number of hydrogen-bond donors (Lipinski definition) is 4. The zero-order valence-corrected chi connectivity index (χ0v) is 24.0. The number of ether oxygens (including phenoxy) is 1. The highest BCUT2D eigenvalue weighted by atomic mass is 19.1. The summed E-state index contributed by atoms with van der Waals surface area (Å²) in [6, 6.07) is 17.7. The monoisotopic (exact) mass is 575 g/mol. The fraction of sp³-hybridized carbons (Fsp3) is 0.406. The molecule has 1 aliphatic carbocycles. The van der Waals surface area contributed by atoms with E-state index in [1.54, 1.807) is 6.07 Å². The number of hydrogen-bond acceptors (Lipinski definition) is 6. The van der Waals surface area contributed by atoms with Crippen LogP contribution in [0.4, 0.5) is 9.18 Å². The molecule has 42 heavy (non-hydrogen) atoms. The van der Waals surface area contributed by atoms with E-state index in [1.165, 1.54) is 5.56 Å². The molecule has 2 fully saturated rings. The second-order valence-corrected chi connectivity index (χ2v) is 11.5. The largest absolute Gasteiger partial charge is 0.465 e. The van der Waals surface area contributed by atoms with Gasteiger partial charge >= 0.3 is 6.09 Å². The third-order valence-corrected chi connectivity index (χ3v) is 7.80. The van der Waals surface area contributed by atoms with Crippen LogP contribution in [-0.4, -0.2) is 64.2 Å². The topological polar surface area (TPSA) is 116 Å². The Kier molecular flexibility index (Phi) is 9.34. The Bertz CT molecular complexity index is 1400. The molecular weight excluding hydrogens is 537 g/mol. The minimum Gasteiger partial charge on any atom is -0.465 e. The van der Waals surface area contributed by atoms with Crippen molar-refractivity contribution in [3.05, 3.63) is 77.7 Å². The van der Waals surface area contributed by atoms with Crippen LogP contribution in [0.15, 0.2) is 60.8 Å². The number of carbonyl (C=O) groups excluding carboxylic acids is 1. The van der Waals surface area contributed by atoms with Gasteiger partial charge in [0.25, 0.3) is 5.91 Å². The van der Waals surface area contributed by atoms with Gasteiger partial charge in [-0.15, -0.1) is 0 Å². The molecule has 2 heterocycles. The van der Waals surface area contributed by atoms with E-state index in [0.717, 1.165) is 43.0 Å². The minimum absolute atomic E-state index is 0.00710. The van der Waals surface area contributed by atoms with Gasteiger partial charge in [0.05, 0.1) is 6.20 Å². The number of aromatic nitrogens is 1. The first-order chi connectivity index (χ1) is 20.2. The third-order valence-electron chi connectivity index (χ3n) is 7.80. The predicted octanol–water partition coefficient (Wildman–Crippen LogP) is 5.17. The second-order valence-electron chi connectivity index (χ2n) is 11.5. The van der Waals surface area contributed by atoms with E-state index in [4.69, 9.17) is 9.84 Å². The second kappa shape index (κ2) is 13.3. The third kappa shape index (κ3) is 7.83. The summed E-state index contributed by atoms with van der Waals surface area (Å²) in [7, 11) is 0. The maximum absolute atomic E-state index is 14.2. The van der Waals surface area contributed by atoms with Crippen LogP contribution in [-0.2, 0) is 6.54 Å². The molecule has 2 amide bonds. The van der Waals surface area contributed by atoms with E-state index in [9.17, 15) is 14.0 Å². The molecule has 222 valence electrons. The number of carbonyl (C=O) groups is 2. The maximum Gasteiger partial charge on any atom is 0.404 e. The van der Waals surface area contributed by atoms with Crippen LogP contribution in [0, 0.1) is 5.82 Å². The molecule has 0 radical (unpaired) electrons. The first-order valence-corrected chi connectivity index (χ1v) is 14.5. The van der Waals surface area contributed by atoms with Crippen molar-refractivity contribution >= 4 is 12.0 Å². The molecule has 5 rings (SSSR count). The van der Waals surface area contributed by atoms with E-state index in [2.05, 4.69) is 63.9 Å². The van der Waals surface area contributed by atoms with Crippen molar-refractivity contribution in [2.24, 2.45) is 0 Å². The van der Waals surface area contributed by atoms with Crippen molar-refractivity contribution in [2.45, 2.75) is 70.2 Å². The van der Waals surface area contributed by atoms with Gasteiger partial charge in [0.1, 0.15) is 17.1 Å². The molecular formula is C32H38FN5O4. The molecule has 2 aliphatic rings. The molecule has 4 N–H and O–H groups in total. The Labute approximate surface area is 245 Å². The van der Waals surface area contributed by atoms with Crippen molar-refractivity contribution in [2.75, 3.05) is 13.1 Å². The first-order valence-electron chi connectivity index (χ1n) is 14.5. The van der Waals surface area contributed by atoms with Crippen LogP contribution >= 0.6 is 0 Å². The molecule has 9 nitrogen and oxygen atoms in total. The summed E-state index contributed by atoms with van der Waals surface area (Å²) in [6.07, 6.45) is 2.44. The molecule has 1 saturated heterocycles. The van der Waals surface area contributed by atoms with Gasteiger partial charge in [0.2, 0.25) is 5.88 Å². The zero-order valence-electron chi connectivity index (χ0n) is 24.0. The van der Waals surface area contributed by atoms with E-state index in [-0.39, 0.29) is 23.5 Å². The summed E-state index contributed by atoms with van der Waals surface area (Å²) >= 11 is 0. The number of benzene rings is 2. The van der Waals surface area contributed by atoms with Crippen LogP contribution in [0.1, 0.15) is 55.5 Å². The van der Waals surface area contributed by atoms with Crippen molar-refractivity contribution in [3.63, 3.8) is 0 Å². The number of nitrogens with one attached hydrogen (secondary N) is 3. The van der Waals surface area contributed by atoms with Crippen molar-refractivity contribution in [1.82, 2.24) is 25.8 Å². The van der Waals surface area contributed by atoms with Crippen LogP contribution in [0.2, 0.25) is 0 Å². The predicted molar refractivity (Wildman–Crippen MR) is 158 cm³/mol. The highest BCUT2D eigenvalue weighted by Gasteiger charge is 2.26. The van der Waals surface area contributed by atoms with E-state index in [0.29, 0.717) is 43.5 Å². The SMILES string of the molecule is C[C@@H]1CN(Cc2cccc(-c3cccc(Oc4ncc(F)cc4C(=O)N[C@H]4CC[C@H](NC(=O)O)CC4)c3)c2)C[C@H](C)N1. The standard InChI is InChI=1S/C32H38FN5O4/c1-20-17-38(18-21(2)35-20)19-22-5-3-6-23(13-22)24-7-4-8-28(14-24)42-31-29(15-25(33)16-34-31)30(39)36-26-9-11-27(12-10-26)37-32(40)41/h3-8,13-16,20-21,26-27,35,37H,9-12,17-19H2,1-2H3,(H,36,39)(H,40,41)/t20-,21+,26-,27-. The number of halogens is 1. The zero-order chi connectivity index (χ0) is 29.6. The van der Waals surface area contributed by atoms with Crippen LogP contribution in [0.25, 0.3) is 11.1 Å². The normalized spacial score (nSPS) is 22.7.